The van der Waals surface area contributed by atoms with E-state index < -0.39 is 0 Å². The van der Waals surface area contributed by atoms with Crippen LogP contribution in [0.4, 0.5) is 0 Å². The molecule has 0 unspecified atom stereocenters. The molecule has 0 N–H and O–H groups in total. The zero-order valence-electron chi connectivity index (χ0n) is 17.2. The monoisotopic (exact) mass is 423 g/mol. The molecule has 2 aromatic carbocycles. The first-order valence-corrected chi connectivity index (χ1v) is 11.1. The second-order valence-electron chi connectivity index (χ2n) is 7.49. The van der Waals surface area contributed by atoms with Gasteiger partial charge in [-0.15, -0.1) is 11.3 Å². The van der Waals surface area contributed by atoms with Gasteiger partial charge in [0.2, 0.25) is 0 Å². The quantitative estimate of drug-likeness (QED) is 0.596. The molecule has 0 aliphatic carbocycles. The minimum Gasteiger partial charge on any atom is -0.493 e. The molecule has 0 saturated heterocycles. The summed E-state index contributed by atoms with van der Waals surface area (Å²) in [6, 6.07) is 14.9. The topological polar surface area (TPSA) is 40.2 Å². The summed E-state index contributed by atoms with van der Waals surface area (Å²) in [5, 5.41) is 2.14. The standard InChI is InChI=1S/C24H25NO4S/c1-26-20-13-16-8-9-25(15-17-5-3-6-19-24(17)29-11-10-28-19)23(22-7-4-12-30-22)18(16)14-21(20)27-2/h3-7,12-14,23H,8-11,15H2,1-2H3/t23-/m1/s1. The predicted octanol–water partition coefficient (Wildman–Crippen LogP) is 4.68. The summed E-state index contributed by atoms with van der Waals surface area (Å²) in [5.41, 5.74) is 3.76. The maximum atomic E-state index is 5.97. The van der Waals surface area contributed by atoms with Gasteiger partial charge in [-0.3, -0.25) is 4.90 Å². The molecule has 5 rings (SSSR count). The highest BCUT2D eigenvalue weighted by molar-refractivity contribution is 7.10. The van der Waals surface area contributed by atoms with Crippen molar-refractivity contribution in [1.29, 1.82) is 0 Å². The predicted molar refractivity (Wildman–Crippen MR) is 117 cm³/mol. The normalized spacial score (nSPS) is 18.0. The Labute approximate surface area is 180 Å². The maximum absolute atomic E-state index is 5.97. The maximum Gasteiger partial charge on any atom is 0.165 e. The van der Waals surface area contributed by atoms with Crippen LogP contribution < -0.4 is 18.9 Å². The zero-order valence-corrected chi connectivity index (χ0v) is 18.0. The molecular formula is C24H25NO4S. The van der Waals surface area contributed by atoms with Crippen LogP contribution in [0.15, 0.2) is 47.8 Å². The molecule has 0 bridgehead atoms. The number of hydrogen-bond acceptors (Lipinski definition) is 6. The summed E-state index contributed by atoms with van der Waals surface area (Å²) < 4.78 is 22.9. The van der Waals surface area contributed by atoms with Crippen molar-refractivity contribution in [2.24, 2.45) is 0 Å². The number of benzene rings is 2. The molecule has 3 heterocycles. The summed E-state index contributed by atoms with van der Waals surface area (Å²) >= 11 is 1.79. The van der Waals surface area contributed by atoms with Crippen LogP contribution in [0.1, 0.15) is 27.6 Å². The number of hydrogen-bond donors (Lipinski definition) is 0. The van der Waals surface area contributed by atoms with Crippen molar-refractivity contribution in [3.05, 3.63) is 69.4 Å². The second kappa shape index (κ2) is 8.20. The first-order chi connectivity index (χ1) is 14.8. The Hall–Kier alpha value is -2.70. The molecule has 30 heavy (non-hydrogen) atoms. The number of fused-ring (bicyclic) bond motifs is 2. The van der Waals surface area contributed by atoms with E-state index >= 15 is 0 Å². The highest BCUT2D eigenvalue weighted by Crippen LogP contribution is 2.44. The zero-order chi connectivity index (χ0) is 20.5. The molecule has 3 aromatic rings. The van der Waals surface area contributed by atoms with Gasteiger partial charge in [0.25, 0.3) is 0 Å². The van der Waals surface area contributed by atoms with Crippen LogP contribution in [0.25, 0.3) is 0 Å². The molecule has 0 radical (unpaired) electrons. The molecule has 156 valence electrons. The minimum absolute atomic E-state index is 0.161. The third kappa shape index (κ3) is 3.40. The van der Waals surface area contributed by atoms with Gasteiger partial charge in [0, 0.05) is 23.5 Å². The average Bonchev–Trinajstić information content (AvgIpc) is 3.32. The molecular weight excluding hydrogens is 398 g/mol. The van der Waals surface area contributed by atoms with Gasteiger partial charge in [0.15, 0.2) is 23.0 Å². The van der Waals surface area contributed by atoms with E-state index in [2.05, 4.69) is 46.7 Å². The summed E-state index contributed by atoms with van der Waals surface area (Å²) in [6.07, 6.45) is 0.962. The van der Waals surface area contributed by atoms with Gasteiger partial charge in [-0.05, 0) is 47.2 Å². The van der Waals surface area contributed by atoms with Crippen molar-refractivity contribution in [3.8, 4) is 23.0 Å². The Balaban J connectivity index is 1.55. The van der Waals surface area contributed by atoms with E-state index in [-0.39, 0.29) is 6.04 Å². The van der Waals surface area contributed by atoms with Crippen molar-refractivity contribution in [1.82, 2.24) is 4.90 Å². The van der Waals surface area contributed by atoms with Crippen LogP contribution in [0.5, 0.6) is 23.0 Å². The summed E-state index contributed by atoms with van der Waals surface area (Å²) in [6.45, 7) is 2.95. The van der Waals surface area contributed by atoms with Gasteiger partial charge in [-0.2, -0.15) is 0 Å². The van der Waals surface area contributed by atoms with Gasteiger partial charge < -0.3 is 18.9 Å². The number of nitrogens with zero attached hydrogens (tertiary/aromatic N) is 1. The summed E-state index contributed by atoms with van der Waals surface area (Å²) in [5.74, 6) is 3.29. The van der Waals surface area contributed by atoms with Crippen molar-refractivity contribution >= 4 is 11.3 Å². The summed E-state index contributed by atoms with van der Waals surface area (Å²) in [7, 11) is 3.38. The molecule has 2 aliphatic heterocycles. The third-order valence-electron chi connectivity index (χ3n) is 5.81. The highest BCUT2D eigenvalue weighted by atomic mass is 32.1. The van der Waals surface area contributed by atoms with Gasteiger partial charge in [0.05, 0.1) is 20.3 Å². The van der Waals surface area contributed by atoms with E-state index in [0.29, 0.717) is 13.2 Å². The van der Waals surface area contributed by atoms with E-state index in [1.165, 1.54) is 16.0 Å². The largest absolute Gasteiger partial charge is 0.493 e. The Bertz CT molecular complexity index is 1030. The van der Waals surface area contributed by atoms with Crippen LogP contribution in [-0.4, -0.2) is 38.9 Å². The van der Waals surface area contributed by atoms with Crippen molar-refractivity contribution in [2.45, 2.75) is 19.0 Å². The number of ether oxygens (including phenoxy) is 4. The lowest BCUT2D eigenvalue weighted by Gasteiger charge is -2.38. The molecule has 0 spiro atoms. The van der Waals surface area contributed by atoms with Gasteiger partial charge >= 0.3 is 0 Å². The minimum atomic E-state index is 0.161. The van der Waals surface area contributed by atoms with E-state index in [0.717, 1.165) is 48.1 Å². The SMILES string of the molecule is COc1cc2c(cc1OC)[C@H](c1cccs1)N(Cc1cccc3c1OCCO3)CC2. The fourth-order valence-electron chi connectivity index (χ4n) is 4.43. The number of thiophene rings is 1. The average molecular weight is 424 g/mol. The van der Waals surface area contributed by atoms with Crippen molar-refractivity contribution in [3.63, 3.8) is 0 Å². The van der Waals surface area contributed by atoms with E-state index in [4.69, 9.17) is 18.9 Å². The van der Waals surface area contributed by atoms with Crippen LogP contribution in [-0.2, 0) is 13.0 Å². The van der Waals surface area contributed by atoms with Crippen molar-refractivity contribution in [2.75, 3.05) is 34.0 Å². The Morgan fingerprint density at radius 3 is 2.67 bits per heavy atom. The Morgan fingerprint density at radius 1 is 1.03 bits per heavy atom. The summed E-state index contributed by atoms with van der Waals surface area (Å²) in [4.78, 5) is 3.85. The number of methoxy groups -OCH3 is 2. The number of para-hydroxylation sites is 1. The lowest BCUT2D eigenvalue weighted by molar-refractivity contribution is 0.162. The molecule has 0 fully saturated rings. The first-order valence-electron chi connectivity index (χ1n) is 10.2. The molecule has 6 heteroatoms. The van der Waals surface area contributed by atoms with Gasteiger partial charge in [-0.1, -0.05) is 18.2 Å². The molecule has 1 aromatic heterocycles. The van der Waals surface area contributed by atoms with E-state index in [1.54, 1.807) is 25.6 Å². The molecule has 2 aliphatic rings. The van der Waals surface area contributed by atoms with Crippen LogP contribution in [0.3, 0.4) is 0 Å². The van der Waals surface area contributed by atoms with Crippen LogP contribution in [0, 0.1) is 0 Å². The second-order valence-corrected chi connectivity index (χ2v) is 8.47. The van der Waals surface area contributed by atoms with E-state index in [9.17, 15) is 0 Å². The Kier molecular flexibility index (Phi) is 5.27. The van der Waals surface area contributed by atoms with Crippen molar-refractivity contribution < 1.29 is 18.9 Å². The lowest BCUT2D eigenvalue weighted by Crippen LogP contribution is -2.35. The smallest absolute Gasteiger partial charge is 0.165 e. The molecule has 5 nitrogen and oxygen atoms in total. The fraction of sp³-hybridized carbons (Fsp3) is 0.333. The van der Waals surface area contributed by atoms with Crippen LogP contribution in [0.2, 0.25) is 0 Å². The van der Waals surface area contributed by atoms with Gasteiger partial charge in [-0.25, -0.2) is 0 Å². The third-order valence-corrected chi connectivity index (χ3v) is 6.73. The Morgan fingerprint density at radius 2 is 1.87 bits per heavy atom. The van der Waals surface area contributed by atoms with Crippen LogP contribution >= 0.6 is 11.3 Å². The number of rotatable bonds is 5. The first kappa shape index (κ1) is 19.3. The lowest BCUT2D eigenvalue weighted by atomic mass is 9.90. The highest BCUT2D eigenvalue weighted by Gasteiger charge is 2.32. The fourth-order valence-corrected chi connectivity index (χ4v) is 5.30. The molecule has 0 saturated carbocycles. The molecule has 0 amide bonds. The van der Waals surface area contributed by atoms with Gasteiger partial charge in [0.1, 0.15) is 13.2 Å². The molecule has 1 atom stereocenters. The van der Waals surface area contributed by atoms with E-state index in [1.807, 2.05) is 6.07 Å².